The zero-order chi connectivity index (χ0) is 21.6. The molecule has 1 saturated heterocycles. The van der Waals surface area contributed by atoms with Gasteiger partial charge in [0.15, 0.2) is 0 Å². The van der Waals surface area contributed by atoms with Crippen LogP contribution in [0.1, 0.15) is 24.0 Å². The van der Waals surface area contributed by atoms with Gasteiger partial charge >= 0.3 is 0 Å². The third kappa shape index (κ3) is 6.45. The Hall–Kier alpha value is -2.09. The van der Waals surface area contributed by atoms with Crippen molar-refractivity contribution in [3.8, 4) is 5.75 Å². The first-order chi connectivity index (χ1) is 14.3. The Bertz CT molecular complexity index is 938. The van der Waals surface area contributed by atoms with E-state index in [0.29, 0.717) is 49.9 Å². The van der Waals surface area contributed by atoms with Crippen LogP contribution in [0, 0.1) is 12.8 Å². The number of hydrogen-bond acceptors (Lipinski definition) is 4. The van der Waals surface area contributed by atoms with E-state index >= 15 is 0 Å². The molecule has 0 aliphatic carbocycles. The normalized spacial score (nSPS) is 15.7. The van der Waals surface area contributed by atoms with E-state index in [4.69, 9.17) is 16.3 Å². The van der Waals surface area contributed by atoms with Crippen LogP contribution >= 0.6 is 11.6 Å². The predicted molar refractivity (Wildman–Crippen MR) is 118 cm³/mol. The maximum atomic E-state index is 12.7. The summed E-state index contributed by atoms with van der Waals surface area (Å²) >= 11 is 5.83. The van der Waals surface area contributed by atoms with Crippen molar-refractivity contribution in [2.24, 2.45) is 5.92 Å². The number of ether oxygens (including phenoxy) is 1. The molecule has 0 atom stereocenters. The Kier molecular flexibility index (Phi) is 7.75. The number of nitrogens with zero attached hydrogens (tertiary/aromatic N) is 1. The quantitative estimate of drug-likeness (QED) is 0.625. The van der Waals surface area contributed by atoms with E-state index in [0.717, 1.165) is 11.1 Å². The minimum Gasteiger partial charge on any atom is -0.492 e. The molecule has 0 radical (unpaired) electrons. The van der Waals surface area contributed by atoms with Crippen molar-refractivity contribution in [1.29, 1.82) is 0 Å². The number of amides is 1. The van der Waals surface area contributed by atoms with Crippen LogP contribution in [0.3, 0.4) is 0 Å². The summed E-state index contributed by atoms with van der Waals surface area (Å²) in [5.41, 5.74) is 1.88. The number of hydrogen-bond donors (Lipinski definition) is 1. The van der Waals surface area contributed by atoms with Gasteiger partial charge in [0.2, 0.25) is 15.9 Å². The number of sulfonamides is 1. The lowest BCUT2D eigenvalue weighted by Crippen LogP contribution is -2.43. The van der Waals surface area contributed by atoms with Gasteiger partial charge in [0, 0.05) is 24.0 Å². The summed E-state index contributed by atoms with van der Waals surface area (Å²) in [6.07, 6.45) is 1.05. The summed E-state index contributed by atoms with van der Waals surface area (Å²) in [7, 11) is -3.38. The van der Waals surface area contributed by atoms with Gasteiger partial charge < -0.3 is 10.1 Å². The second kappa shape index (κ2) is 10.3. The highest BCUT2D eigenvalue weighted by Crippen LogP contribution is 2.22. The molecule has 3 rings (SSSR count). The third-order valence-electron chi connectivity index (χ3n) is 5.17. The molecule has 162 valence electrons. The number of benzene rings is 2. The Morgan fingerprint density at radius 2 is 1.73 bits per heavy atom. The number of carbonyl (C=O) groups is 1. The van der Waals surface area contributed by atoms with Crippen LogP contribution in [0.2, 0.25) is 5.02 Å². The SMILES string of the molecule is Cc1ccc(CS(=O)(=O)N2CCC(C(=O)NCCOc3ccc(Cl)cc3)CC2)cc1. The van der Waals surface area contributed by atoms with E-state index in [-0.39, 0.29) is 17.6 Å². The van der Waals surface area contributed by atoms with Gasteiger partial charge in [0.25, 0.3) is 0 Å². The first-order valence-corrected chi connectivity index (χ1v) is 12.0. The summed E-state index contributed by atoms with van der Waals surface area (Å²) in [5.74, 6) is 0.462. The second-order valence-corrected chi connectivity index (χ2v) is 9.91. The van der Waals surface area contributed by atoms with E-state index in [2.05, 4.69) is 5.32 Å². The highest BCUT2D eigenvalue weighted by Gasteiger charge is 2.31. The molecule has 1 fully saturated rings. The first-order valence-electron chi connectivity index (χ1n) is 10.0. The summed E-state index contributed by atoms with van der Waals surface area (Å²) in [4.78, 5) is 12.4. The molecule has 0 spiro atoms. The minimum absolute atomic E-state index is 0.00776. The number of aryl methyl sites for hydroxylation is 1. The maximum absolute atomic E-state index is 12.7. The first kappa shape index (κ1) is 22.6. The van der Waals surface area contributed by atoms with Crippen LogP contribution in [0.15, 0.2) is 48.5 Å². The number of carbonyl (C=O) groups excluding carboxylic acids is 1. The predicted octanol–water partition coefficient (Wildman–Crippen LogP) is 3.39. The molecule has 0 unspecified atom stereocenters. The van der Waals surface area contributed by atoms with Gasteiger partial charge in [0.1, 0.15) is 12.4 Å². The fourth-order valence-corrected chi connectivity index (χ4v) is 5.09. The van der Waals surface area contributed by atoms with Crippen molar-refractivity contribution >= 4 is 27.5 Å². The van der Waals surface area contributed by atoms with Crippen molar-refractivity contribution in [1.82, 2.24) is 9.62 Å². The standard InChI is InChI=1S/C22H27ClN2O4S/c1-17-2-4-18(5-3-17)16-30(27,28)25-13-10-19(11-14-25)22(26)24-12-15-29-21-8-6-20(23)7-9-21/h2-9,19H,10-16H2,1H3,(H,24,26). The molecule has 6 nitrogen and oxygen atoms in total. The Balaban J connectivity index is 1.40. The Labute approximate surface area is 183 Å². The monoisotopic (exact) mass is 450 g/mol. The molecular formula is C22H27ClN2O4S. The fourth-order valence-electron chi connectivity index (χ4n) is 3.40. The second-order valence-electron chi connectivity index (χ2n) is 7.51. The number of halogens is 1. The largest absolute Gasteiger partial charge is 0.492 e. The van der Waals surface area contributed by atoms with Crippen molar-refractivity contribution < 1.29 is 17.9 Å². The van der Waals surface area contributed by atoms with Gasteiger partial charge in [-0.15, -0.1) is 0 Å². The van der Waals surface area contributed by atoms with Gasteiger partial charge in [-0.1, -0.05) is 41.4 Å². The highest BCUT2D eigenvalue weighted by molar-refractivity contribution is 7.88. The van der Waals surface area contributed by atoms with E-state index in [1.54, 1.807) is 24.3 Å². The van der Waals surface area contributed by atoms with Crippen LogP contribution in [-0.4, -0.2) is 44.9 Å². The Morgan fingerprint density at radius 1 is 1.10 bits per heavy atom. The molecule has 1 aliphatic rings. The van der Waals surface area contributed by atoms with Crippen molar-refractivity contribution in [3.63, 3.8) is 0 Å². The summed E-state index contributed by atoms with van der Waals surface area (Å²) in [6, 6.07) is 14.6. The summed E-state index contributed by atoms with van der Waals surface area (Å²) < 4.78 is 32.4. The van der Waals surface area contributed by atoms with E-state index in [1.165, 1.54) is 4.31 Å². The Morgan fingerprint density at radius 3 is 2.37 bits per heavy atom. The average Bonchev–Trinajstić information content (AvgIpc) is 2.74. The summed E-state index contributed by atoms with van der Waals surface area (Å²) in [5, 5.41) is 3.52. The lowest BCUT2D eigenvalue weighted by Gasteiger charge is -2.30. The van der Waals surface area contributed by atoms with Crippen molar-refractivity contribution in [3.05, 3.63) is 64.7 Å². The van der Waals surface area contributed by atoms with Gasteiger partial charge in [-0.05, 0) is 49.6 Å². The zero-order valence-electron chi connectivity index (χ0n) is 17.0. The zero-order valence-corrected chi connectivity index (χ0v) is 18.6. The third-order valence-corrected chi connectivity index (χ3v) is 7.27. The molecule has 30 heavy (non-hydrogen) atoms. The van der Waals surface area contributed by atoms with E-state index in [1.807, 2.05) is 31.2 Å². The maximum Gasteiger partial charge on any atom is 0.223 e. The number of rotatable bonds is 8. The van der Waals surface area contributed by atoms with Crippen LogP contribution in [0.25, 0.3) is 0 Å². The fraction of sp³-hybridized carbons (Fsp3) is 0.409. The molecule has 1 N–H and O–H groups in total. The molecule has 1 amide bonds. The molecule has 1 heterocycles. The highest BCUT2D eigenvalue weighted by atomic mass is 35.5. The lowest BCUT2D eigenvalue weighted by atomic mass is 9.97. The molecule has 0 bridgehead atoms. The van der Waals surface area contributed by atoms with Gasteiger partial charge in [-0.25, -0.2) is 12.7 Å². The molecular weight excluding hydrogens is 424 g/mol. The summed E-state index contributed by atoms with van der Waals surface area (Å²) in [6.45, 7) is 3.46. The smallest absolute Gasteiger partial charge is 0.223 e. The molecule has 1 aliphatic heterocycles. The lowest BCUT2D eigenvalue weighted by molar-refractivity contribution is -0.126. The van der Waals surface area contributed by atoms with Crippen LogP contribution in [-0.2, 0) is 20.6 Å². The van der Waals surface area contributed by atoms with Gasteiger partial charge in [0.05, 0.1) is 12.3 Å². The van der Waals surface area contributed by atoms with E-state index in [9.17, 15) is 13.2 Å². The van der Waals surface area contributed by atoms with Crippen molar-refractivity contribution in [2.45, 2.75) is 25.5 Å². The molecule has 2 aromatic rings. The number of nitrogens with one attached hydrogen (secondary N) is 1. The number of piperidine rings is 1. The van der Waals surface area contributed by atoms with Gasteiger partial charge in [-0.2, -0.15) is 0 Å². The molecule has 8 heteroatoms. The average molecular weight is 451 g/mol. The van der Waals surface area contributed by atoms with Crippen LogP contribution in [0.4, 0.5) is 0 Å². The van der Waals surface area contributed by atoms with Crippen LogP contribution in [0.5, 0.6) is 5.75 Å². The molecule has 0 aromatic heterocycles. The molecule has 2 aromatic carbocycles. The van der Waals surface area contributed by atoms with Gasteiger partial charge in [-0.3, -0.25) is 4.79 Å². The minimum atomic E-state index is -3.38. The van der Waals surface area contributed by atoms with Crippen LogP contribution < -0.4 is 10.1 Å². The van der Waals surface area contributed by atoms with E-state index < -0.39 is 10.0 Å². The van der Waals surface area contributed by atoms with Crippen molar-refractivity contribution in [2.75, 3.05) is 26.2 Å². The molecule has 0 saturated carbocycles. The topological polar surface area (TPSA) is 75.7 Å².